The molecule has 0 aliphatic heterocycles. The third-order valence-electron chi connectivity index (χ3n) is 2.41. The molecule has 0 aliphatic carbocycles. The fraction of sp³-hybridized carbons (Fsp3) is 0.364. The maximum Gasteiger partial charge on any atom is 0.255 e. The van der Waals surface area contributed by atoms with Gasteiger partial charge in [0.15, 0.2) is 0 Å². The smallest absolute Gasteiger partial charge is 0.255 e. The van der Waals surface area contributed by atoms with E-state index in [0.29, 0.717) is 0 Å². The van der Waals surface area contributed by atoms with Gasteiger partial charge >= 0.3 is 0 Å². The first-order valence-electron chi connectivity index (χ1n) is 5.22. The van der Waals surface area contributed by atoms with Crippen LogP contribution in [0.4, 0.5) is 5.69 Å². The van der Waals surface area contributed by atoms with Gasteiger partial charge in [0, 0.05) is 25.5 Å². The lowest BCUT2D eigenvalue weighted by molar-refractivity contribution is 0.0804. The molecule has 0 aliphatic rings. The number of amides is 1. The minimum Gasteiger partial charge on any atom is -0.508 e. The molecule has 1 rings (SSSR count). The molecule has 0 aromatic heterocycles. The van der Waals surface area contributed by atoms with Crippen molar-refractivity contribution in [1.29, 1.82) is 0 Å². The number of phenolic OH excluding ortho intramolecular Hbond substituents is 1. The minimum absolute atomic E-state index is 0.0657. The van der Waals surface area contributed by atoms with Crippen molar-refractivity contribution in [1.82, 2.24) is 4.90 Å². The van der Waals surface area contributed by atoms with Crippen LogP contribution in [0.1, 0.15) is 10.4 Å². The summed E-state index contributed by atoms with van der Waals surface area (Å²) in [5.74, 6) is -0.607. The number of rotatable bonds is 4. The van der Waals surface area contributed by atoms with Crippen LogP contribution in [0.15, 0.2) is 18.2 Å². The zero-order chi connectivity index (χ0) is 13.9. The van der Waals surface area contributed by atoms with Crippen molar-refractivity contribution >= 4 is 21.4 Å². The third-order valence-corrected chi connectivity index (χ3v) is 3.34. The average Bonchev–Trinajstić information content (AvgIpc) is 2.27. The number of phenols is 1. The second-order valence-corrected chi connectivity index (χ2v) is 6.39. The van der Waals surface area contributed by atoms with Crippen LogP contribution in [0.2, 0.25) is 0 Å². The van der Waals surface area contributed by atoms with Crippen LogP contribution in [-0.4, -0.2) is 49.9 Å². The molecule has 1 aromatic carbocycles. The summed E-state index contributed by atoms with van der Waals surface area (Å²) in [5, 5.41) is 9.31. The summed E-state index contributed by atoms with van der Waals surface area (Å²) in [5.41, 5.74) is 6.03. The van der Waals surface area contributed by atoms with Gasteiger partial charge in [0.25, 0.3) is 5.91 Å². The number of nitrogens with two attached hydrogens (primary N) is 1. The second kappa shape index (κ2) is 5.26. The molecule has 1 aromatic rings. The van der Waals surface area contributed by atoms with E-state index in [1.807, 2.05) is 0 Å². The molecule has 18 heavy (non-hydrogen) atoms. The van der Waals surface area contributed by atoms with Crippen LogP contribution in [0.25, 0.3) is 0 Å². The number of hydrogen-bond acceptors (Lipinski definition) is 5. The van der Waals surface area contributed by atoms with E-state index in [1.54, 1.807) is 0 Å². The number of carbonyl (C=O) groups is 1. The molecule has 0 fully saturated rings. The van der Waals surface area contributed by atoms with Gasteiger partial charge in [0.2, 0.25) is 0 Å². The molecule has 0 atom stereocenters. The number of carbonyl (C=O) groups excluding carboxylic acids is 1. The Morgan fingerprint density at radius 3 is 2.61 bits per heavy atom. The van der Waals surface area contributed by atoms with E-state index in [2.05, 4.69) is 0 Å². The number of hydrogen-bond donors (Lipinski definition) is 2. The molecule has 0 saturated carbocycles. The standard InChI is InChI=1S/C11H16N2O4S/c1-13(5-6-18(2,16)17)11(15)9-7-8(14)3-4-10(9)12/h3-4,7,14H,5-6,12H2,1-2H3. The summed E-state index contributed by atoms with van der Waals surface area (Å²) in [6, 6.07) is 4.06. The molecule has 100 valence electrons. The topological polar surface area (TPSA) is 101 Å². The summed E-state index contributed by atoms with van der Waals surface area (Å²) >= 11 is 0. The Morgan fingerprint density at radius 2 is 2.06 bits per heavy atom. The van der Waals surface area contributed by atoms with Crippen molar-refractivity contribution in [2.45, 2.75) is 0 Å². The fourth-order valence-corrected chi connectivity index (χ4v) is 1.94. The molecule has 0 unspecified atom stereocenters. The Bertz CT molecular complexity index is 554. The van der Waals surface area contributed by atoms with Crippen LogP contribution in [0, 0.1) is 0 Å². The number of nitrogens with zero attached hydrogens (tertiary/aromatic N) is 1. The second-order valence-electron chi connectivity index (χ2n) is 4.13. The van der Waals surface area contributed by atoms with Gasteiger partial charge in [-0.15, -0.1) is 0 Å². The van der Waals surface area contributed by atoms with Crippen LogP contribution in [0.5, 0.6) is 5.75 Å². The van der Waals surface area contributed by atoms with Crippen molar-refractivity contribution in [3.05, 3.63) is 23.8 Å². The van der Waals surface area contributed by atoms with E-state index >= 15 is 0 Å². The first-order valence-corrected chi connectivity index (χ1v) is 7.28. The van der Waals surface area contributed by atoms with E-state index in [4.69, 9.17) is 5.73 Å². The van der Waals surface area contributed by atoms with E-state index < -0.39 is 15.7 Å². The monoisotopic (exact) mass is 272 g/mol. The fourth-order valence-electron chi connectivity index (χ4n) is 1.34. The van der Waals surface area contributed by atoms with Crippen molar-refractivity contribution in [2.24, 2.45) is 0 Å². The SMILES string of the molecule is CN(CCS(C)(=O)=O)C(=O)c1cc(O)ccc1N. The lowest BCUT2D eigenvalue weighted by Gasteiger charge is -2.17. The third kappa shape index (κ3) is 3.92. The van der Waals surface area contributed by atoms with Gasteiger partial charge in [-0.2, -0.15) is 0 Å². The zero-order valence-corrected chi connectivity index (χ0v) is 11.1. The molecule has 0 spiro atoms. The average molecular weight is 272 g/mol. The summed E-state index contributed by atoms with van der Waals surface area (Å²) < 4.78 is 22.0. The molecule has 0 saturated heterocycles. The largest absolute Gasteiger partial charge is 0.508 e. The summed E-state index contributed by atoms with van der Waals surface area (Å²) in [4.78, 5) is 13.2. The van der Waals surface area contributed by atoms with Crippen molar-refractivity contribution in [2.75, 3.05) is 31.3 Å². The molecule has 0 bridgehead atoms. The van der Waals surface area contributed by atoms with E-state index in [-0.39, 0.29) is 29.3 Å². The predicted molar refractivity (Wildman–Crippen MR) is 69.2 cm³/mol. The van der Waals surface area contributed by atoms with Crippen molar-refractivity contribution in [3.63, 3.8) is 0 Å². The highest BCUT2D eigenvalue weighted by molar-refractivity contribution is 7.90. The number of sulfone groups is 1. The maximum absolute atomic E-state index is 12.0. The van der Waals surface area contributed by atoms with E-state index in [1.165, 1.54) is 30.1 Å². The van der Waals surface area contributed by atoms with Gasteiger partial charge in [-0.1, -0.05) is 0 Å². The summed E-state index contributed by atoms with van der Waals surface area (Å²) in [7, 11) is -1.64. The molecule has 6 nitrogen and oxygen atoms in total. The van der Waals surface area contributed by atoms with Crippen LogP contribution < -0.4 is 5.73 Å². The first-order chi connectivity index (χ1) is 8.20. The normalized spacial score (nSPS) is 11.2. The first kappa shape index (κ1) is 14.3. The van der Waals surface area contributed by atoms with Gasteiger partial charge in [0.05, 0.1) is 11.3 Å². The van der Waals surface area contributed by atoms with Crippen LogP contribution >= 0.6 is 0 Å². The van der Waals surface area contributed by atoms with E-state index in [0.717, 1.165) is 6.26 Å². The quantitative estimate of drug-likeness (QED) is 0.597. The highest BCUT2D eigenvalue weighted by Gasteiger charge is 2.16. The Balaban J connectivity index is 2.83. The Kier molecular flexibility index (Phi) is 4.18. The molecule has 7 heteroatoms. The Morgan fingerprint density at radius 1 is 1.44 bits per heavy atom. The predicted octanol–water partition coefficient (Wildman–Crippen LogP) is 0.0910. The lowest BCUT2D eigenvalue weighted by Crippen LogP contribution is -2.31. The molecular weight excluding hydrogens is 256 g/mol. The minimum atomic E-state index is -3.13. The van der Waals surface area contributed by atoms with Gasteiger partial charge in [-0.05, 0) is 18.2 Å². The zero-order valence-electron chi connectivity index (χ0n) is 10.3. The van der Waals surface area contributed by atoms with Crippen molar-refractivity contribution in [3.8, 4) is 5.75 Å². The van der Waals surface area contributed by atoms with Gasteiger partial charge in [-0.3, -0.25) is 4.79 Å². The number of nitrogen functional groups attached to an aromatic ring is 1. The highest BCUT2D eigenvalue weighted by Crippen LogP contribution is 2.19. The summed E-state index contributed by atoms with van der Waals surface area (Å²) in [6.45, 7) is 0.0762. The summed E-state index contributed by atoms with van der Waals surface area (Å²) in [6.07, 6.45) is 1.11. The highest BCUT2D eigenvalue weighted by atomic mass is 32.2. The van der Waals surface area contributed by atoms with E-state index in [9.17, 15) is 18.3 Å². The van der Waals surface area contributed by atoms with Gasteiger partial charge in [-0.25, -0.2) is 8.42 Å². The van der Waals surface area contributed by atoms with Gasteiger partial charge < -0.3 is 15.7 Å². The van der Waals surface area contributed by atoms with Crippen LogP contribution in [-0.2, 0) is 9.84 Å². The Labute approximate surface area is 106 Å². The number of benzene rings is 1. The van der Waals surface area contributed by atoms with Gasteiger partial charge in [0.1, 0.15) is 15.6 Å². The number of anilines is 1. The van der Waals surface area contributed by atoms with Crippen LogP contribution in [0.3, 0.4) is 0 Å². The molecule has 0 radical (unpaired) electrons. The molecule has 1 amide bonds. The molecule has 0 heterocycles. The lowest BCUT2D eigenvalue weighted by atomic mass is 10.1. The molecule has 3 N–H and O–H groups in total. The maximum atomic E-state index is 12.0. The Hall–Kier alpha value is -1.76. The molecular formula is C11H16N2O4S. The van der Waals surface area contributed by atoms with Crippen molar-refractivity contribution < 1.29 is 18.3 Å². The number of aromatic hydroxyl groups is 1.